The Labute approximate surface area is 181 Å². The van der Waals surface area contributed by atoms with Crippen molar-refractivity contribution in [3.8, 4) is 0 Å². The first-order valence-electron chi connectivity index (χ1n) is 10.1. The second-order valence-corrected chi connectivity index (χ2v) is 15.6. The lowest BCUT2D eigenvalue weighted by molar-refractivity contribution is 0.0702. The van der Waals surface area contributed by atoms with Crippen molar-refractivity contribution in [1.82, 2.24) is 0 Å². The van der Waals surface area contributed by atoms with Crippen molar-refractivity contribution in [2.24, 2.45) is 0 Å². The molecule has 29 heavy (non-hydrogen) atoms. The number of hydrogen-bond donors (Lipinski definition) is 1. The van der Waals surface area contributed by atoms with Crippen LogP contribution >= 0.6 is 21.4 Å². The molecular weight excluding hydrogens is 396 g/mol. The number of aryl methyl sites for hydroxylation is 1. The molecule has 4 heteroatoms. The fourth-order valence-electron chi connectivity index (χ4n) is 4.25. The van der Waals surface area contributed by atoms with Gasteiger partial charge in [0.05, 0.1) is 0 Å². The fraction of sp³-hybridized carbons (Fsp3) is 0.480. The van der Waals surface area contributed by atoms with E-state index in [2.05, 4.69) is 71.6 Å². The second kappa shape index (κ2) is 7.31. The van der Waals surface area contributed by atoms with Gasteiger partial charge < -0.3 is 5.11 Å². The maximum absolute atomic E-state index is 11.3. The summed E-state index contributed by atoms with van der Waals surface area (Å²) in [6.07, 6.45) is 11.6. The molecule has 1 aromatic heterocycles. The maximum atomic E-state index is 11.3. The number of carboxylic acids is 1. The van der Waals surface area contributed by atoms with Crippen molar-refractivity contribution in [2.45, 2.75) is 58.3 Å². The Balaban J connectivity index is 2.22. The molecule has 158 valence electrons. The Bertz CT molecular complexity index is 985. The molecule has 0 amide bonds. The topological polar surface area (TPSA) is 37.3 Å². The van der Waals surface area contributed by atoms with Crippen molar-refractivity contribution < 1.29 is 9.90 Å². The summed E-state index contributed by atoms with van der Waals surface area (Å²) in [4.78, 5) is 14.1. The third kappa shape index (κ3) is 4.34. The van der Waals surface area contributed by atoms with E-state index in [-0.39, 0.29) is 10.8 Å². The minimum atomic E-state index is -1.02. The van der Waals surface area contributed by atoms with Crippen molar-refractivity contribution in [3.63, 3.8) is 0 Å². The molecule has 0 radical (unpaired) electrons. The molecule has 1 aliphatic carbocycles. The van der Waals surface area contributed by atoms with Gasteiger partial charge >= 0.3 is 5.97 Å². The average molecular weight is 431 g/mol. The SMILES string of the molecule is Cc1cc2c(cc1/C(=C/c1ccc(C(=O)O)s1)S(C)(C)C)C(C)(C)CCC2(C)C. The van der Waals surface area contributed by atoms with Gasteiger partial charge in [0.25, 0.3) is 0 Å². The molecule has 0 saturated carbocycles. The fourth-order valence-corrected chi connectivity index (χ4v) is 6.47. The van der Waals surface area contributed by atoms with Gasteiger partial charge in [-0.25, -0.2) is 14.8 Å². The maximum Gasteiger partial charge on any atom is 0.345 e. The number of benzene rings is 1. The van der Waals surface area contributed by atoms with E-state index in [0.29, 0.717) is 4.88 Å². The average Bonchev–Trinajstić information content (AvgIpc) is 3.05. The largest absolute Gasteiger partial charge is 0.477 e. The molecule has 2 nitrogen and oxygen atoms in total. The van der Waals surface area contributed by atoms with Gasteiger partial charge in [-0.3, -0.25) is 0 Å². The lowest BCUT2D eigenvalue weighted by Gasteiger charge is -2.43. The lowest BCUT2D eigenvalue weighted by Crippen LogP contribution is -2.34. The molecule has 1 aliphatic rings. The van der Waals surface area contributed by atoms with Crippen molar-refractivity contribution in [1.29, 1.82) is 0 Å². The first-order valence-corrected chi connectivity index (χ1v) is 13.8. The molecular formula is C25H34O2S2. The zero-order chi connectivity index (χ0) is 21.8. The van der Waals surface area contributed by atoms with Crippen LogP contribution in [0.2, 0.25) is 0 Å². The van der Waals surface area contributed by atoms with Gasteiger partial charge in [-0.05, 0) is 101 Å². The van der Waals surface area contributed by atoms with Crippen LogP contribution in [0.15, 0.2) is 24.3 Å². The highest BCUT2D eigenvalue weighted by Crippen LogP contribution is 2.54. The van der Waals surface area contributed by atoms with E-state index in [1.165, 1.54) is 51.3 Å². The number of hydrogen-bond acceptors (Lipinski definition) is 2. The van der Waals surface area contributed by atoms with Gasteiger partial charge in [0.1, 0.15) is 4.88 Å². The van der Waals surface area contributed by atoms with E-state index < -0.39 is 16.0 Å². The number of rotatable bonds is 4. The molecule has 1 heterocycles. The van der Waals surface area contributed by atoms with Crippen molar-refractivity contribution in [2.75, 3.05) is 18.8 Å². The Morgan fingerprint density at radius 1 is 1.03 bits per heavy atom. The van der Waals surface area contributed by atoms with Crippen molar-refractivity contribution in [3.05, 3.63) is 56.3 Å². The first-order chi connectivity index (χ1) is 13.2. The van der Waals surface area contributed by atoms with Crippen LogP contribution in [-0.4, -0.2) is 29.8 Å². The second-order valence-electron chi connectivity index (χ2n) is 10.3. The Morgan fingerprint density at radius 3 is 2.07 bits per heavy atom. The Hall–Kier alpha value is -1.52. The minimum Gasteiger partial charge on any atom is -0.477 e. The predicted molar refractivity (Wildman–Crippen MR) is 131 cm³/mol. The van der Waals surface area contributed by atoms with Gasteiger partial charge in [0.15, 0.2) is 0 Å². The van der Waals surface area contributed by atoms with Crippen LogP contribution in [0.3, 0.4) is 0 Å². The van der Waals surface area contributed by atoms with Crippen LogP contribution in [-0.2, 0) is 10.8 Å². The van der Waals surface area contributed by atoms with Crippen LogP contribution in [0.4, 0.5) is 0 Å². The monoisotopic (exact) mass is 430 g/mol. The molecule has 0 fully saturated rings. The van der Waals surface area contributed by atoms with Crippen LogP contribution in [0, 0.1) is 6.92 Å². The smallest absolute Gasteiger partial charge is 0.345 e. The summed E-state index contributed by atoms with van der Waals surface area (Å²) in [5.74, 6) is -0.853. The number of carbonyl (C=O) groups is 1. The molecule has 0 bridgehead atoms. The summed E-state index contributed by atoms with van der Waals surface area (Å²) in [5, 5.41) is 9.29. The normalized spacial score (nSPS) is 19.0. The van der Waals surface area contributed by atoms with E-state index in [4.69, 9.17) is 0 Å². The number of aromatic carboxylic acids is 1. The third-order valence-corrected chi connectivity index (χ3v) is 8.91. The summed E-state index contributed by atoms with van der Waals surface area (Å²) < 4.78 is 0. The van der Waals surface area contributed by atoms with E-state index in [9.17, 15) is 9.90 Å². The molecule has 0 unspecified atom stereocenters. The summed E-state index contributed by atoms with van der Waals surface area (Å²) in [6.45, 7) is 11.7. The van der Waals surface area contributed by atoms with Crippen LogP contribution in [0.1, 0.15) is 77.3 Å². The molecule has 0 aliphatic heterocycles. The number of thiophene rings is 1. The molecule has 0 saturated heterocycles. The van der Waals surface area contributed by atoms with E-state index >= 15 is 0 Å². The van der Waals surface area contributed by atoms with E-state index in [0.717, 1.165) is 4.88 Å². The minimum absolute atomic E-state index is 0.172. The first kappa shape index (κ1) is 22.2. The van der Waals surface area contributed by atoms with Crippen molar-refractivity contribution >= 4 is 38.3 Å². The predicted octanol–water partition coefficient (Wildman–Crippen LogP) is 7.30. The molecule has 3 rings (SSSR count). The van der Waals surface area contributed by atoms with Gasteiger partial charge in [-0.15, -0.1) is 11.3 Å². The number of fused-ring (bicyclic) bond motifs is 1. The standard InChI is InChI=1S/C25H34O2S2/c1-16-13-19-20(25(4,5)12-11-24(19,2)3)15-18(16)22(29(6,7)8)14-17-9-10-21(28-17)23(26)27/h9-10,13-15H,11-12H2,1-8H3,(H,26,27)/b22-14-. The summed E-state index contributed by atoms with van der Waals surface area (Å²) >= 11 is 1.35. The zero-order valence-corrected chi connectivity index (χ0v) is 20.6. The Kier molecular flexibility index (Phi) is 5.59. The quantitative estimate of drug-likeness (QED) is 0.552. The van der Waals surface area contributed by atoms with Gasteiger partial charge in [-0.1, -0.05) is 33.8 Å². The van der Waals surface area contributed by atoms with Gasteiger partial charge in [0.2, 0.25) is 0 Å². The molecule has 1 aromatic carbocycles. The zero-order valence-electron chi connectivity index (χ0n) is 19.0. The highest BCUT2D eigenvalue weighted by Gasteiger charge is 2.37. The molecule has 0 spiro atoms. The summed E-state index contributed by atoms with van der Waals surface area (Å²) in [5.41, 5.74) is 5.98. The van der Waals surface area contributed by atoms with Crippen LogP contribution < -0.4 is 0 Å². The summed E-state index contributed by atoms with van der Waals surface area (Å²) in [7, 11) is -1.02. The number of carboxylic acid groups (broad SMARTS) is 1. The lowest BCUT2D eigenvalue weighted by atomic mass is 9.62. The molecule has 1 N–H and O–H groups in total. The van der Waals surface area contributed by atoms with Gasteiger partial charge in [-0.2, -0.15) is 0 Å². The third-order valence-electron chi connectivity index (χ3n) is 6.23. The molecule has 2 aromatic rings. The highest BCUT2D eigenvalue weighted by molar-refractivity contribution is 8.39. The van der Waals surface area contributed by atoms with E-state index in [1.807, 2.05) is 6.07 Å². The van der Waals surface area contributed by atoms with Crippen LogP contribution in [0.5, 0.6) is 0 Å². The highest BCUT2D eigenvalue weighted by atomic mass is 32.3. The summed E-state index contributed by atoms with van der Waals surface area (Å²) in [6, 6.07) is 8.50. The Morgan fingerprint density at radius 2 is 1.59 bits per heavy atom. The molecule has 0 atom stereocenters. The van der Waals surface area contributed by atoms with Gasteiger partial charge in [0, 0.05) is 4.88 Å². The van der Waals surface area contributed by atoms with Crippen LogP contribution in [0.25, 0.3) is 11.0 Å². The van der Waals surface area contributed by atoms with E-state index in [1.54, 1.807) is 6.07 Å².